The molecule has 0 fully saturated rings. The number of rotatable bonds is 3. The van der Waals surface area contributed by atoms with Crippen molar-refractivity contribution >= 4 is 11.3 Å². The van der Waals surface area contributed by atoms with Crippen molar-refractivity contribution < 1.29 is 0 Å². The number of hydrogen-bond donors (Lipinski definition) is 1. The molecule has 0 saturated carbocycles. The second-order valence-corrected chi connectivity index (χ2v) is 4.10. The van der Waals surface area contributed by atoms with E-state index in [1.807, 2.05) is 13.1 Å². The van der Waals surface area contributed by atoms with Crippen molar-refractivity contribution in [1.82, 2.24) is 14.4 Å². The molecule has 0 aliphatic rings. The number of imidazole rings is 1. The molecule has 0 radical (unpaired) electrons. The normalized spacial score (nSPS) is 11.5. The first kappa shape index (κ1) is 10.9. The van der Waals surface area contributed by atoms with Crippen LogP contribution in [0.2, 0.25) is 0 Å². The van der Waals surface area contributed by atoms with Crippen molar-refractivity contribution in [2.24, 2.45) is 0 Å². The van der Waals surface area contributed by atoms with E-state index in [2.05, 4.69) is 28.2 Å². The summed E-state index contributed by atoms with van der Waals surface area (Å²) in [6.45, 7) is 6.36. The Hall–Kier alpha value is -1.58. The number of aromatic nitrogens is 3. The Labute approximate surface area is 95.5 Å². The number of hydrogen-bond acceptors (Lipinski definition) is 3. The van der Waals surface area contributed by atoms with Crippen LogP contribution in [0.3, 0.4) is 0 Å². The lowest BCUT2D eigenvalue weighted by Gasteiger charge is -2.10. The fraction of sp³-hybridized carbons (Fsp3) is 0.500. The summed E-state index contributed by atoms with van der Waals surface area (Å²) in [5, 5.41) is 0. The summed E-state index contributed by atoms with van der Waals surface area (Å²) in [4.78, 5) is 8.74. The zero-order valence-corrected chi connectivity index (χ0v) is 10.1. The quantitative estimate of drug-likeness (QED) is 0.861. The van der Waals surface area contributed by atoms with Crippen LogP contribution in [0.25, 0.3) is 5.52 Å². The molecule has 2 aromatic rings. The maximum absolute atomic E-state index is 5.88. The van der Waals surface area contributed by atoms with Gasteiger partial charge < -0.3 is 5.73 Å². The minimum Gasteiger partial charge on any atom is -0.382 e. The van der Waals surface area contributed by atoms with Gasteiger partial charge >= 0.3 is 0 Å². The zero-order chi connectivity index (χ0) is 11.7. The van der Waals surface area contributed by atoms with Gasteiger partial charge in [0.05, 0.1) is 5.69 Å². The van der Waals surface area contributed by atoms with Crippen LogP contribution in [-0.4, -0.2) is 14.4 Å². The molecule has 0 unspecified atom stereocenters. The predicted molar refractivity (Wildman–Crippen MR) is 65.5 cm³/mol. The third kappa shape index (κ3) is 1.54. The molecular formula is C12H18N4. The molecule has 86 valence electrons. The predicted octanol–water partition coefficient (Wildman–Crippen LogP) is 2.52. The van der Waals surface area contributed by atoms with Gasteiger partial charge in [0.25, 0.3) is 0 Å². The molecule has 0 aromatic carbocycles. The average molecular weight is 218 g/mol. The fourth-order valence-corrected chi connectivity index (χ4v) is 2.21. The molecule has 0 aliphatic heterocycles. The minimum absolute atomic E-state index is 0.489. The highest BCUT2D eigenvalue weighted by Crippen LogP contribution is 2.26. The summed E-state index contributed by atoms with van der Waals surface area (Å²) in [5.41, 5.74) is 7.80. The molecule has 2 rings (SSSR count). The fourth-order valence-electron chi connectivity index (χ4n) is 2.21. The largest absolute Gasteiger partial charge is 0.382 e. The Kier molecular flexibility index (Phi) is 2.81. The standard InChI is InChI=1S/C12H18N4/c1-4-9(5-2)12-15-8(3)10-11(13)14-6-7-16(10)12/h6-7,9H,4-5H2,1-3H3,(H2,13,14). The van der Waals surface area contributed by atoms with E-state index in [1.165, 1.54) is 0 Å². The number of fused-ring (bicyclic) bond motifs is 1. The van der Waals surface area contributed by atoms with Crippen LogP contribution in [0, 0.1) is 6.92 Å². The topological polar surface area (TPSA) is 56.2 Å². The van der Waals surface area contributed by atoms with E-state index in [-0.39, 0.29) is 0 Å². The van der Waals surface area contributed by atoms with Gasteiger partial charge in [-0.05, 0) is 19.8 Å². The molecule has 0 spiro atoms. The van der Waals surface area contributed by atoms with Crippen LogP contribution in [0.5, 0.6) is 0 Å². The third-order valence-electron chi connectivity index (χ3n) is 3.14. The minimum atomic E-state index is 0.489. The van der Waals surface area contributed by atoms with Crippen molar-refractivity contribution in [2.45, 2.75) is 39.5 Å². The van der Waals surface area contributed by atoms with E-state index in [0.717, 1.165) is 29.9 Å². The van der Waals surface area contributed by atoms with Gasteiger partial charge in [-0.3, -0.25) is 4.40 Å². The Balaban J connectivity index is 2.68. The summed E-state index contributed by atoms with van der Waals surface area (Å²) in [6, 6.07) is 0. The number of nitrogen functional groups attached to an aromatic ring is 1. The van der Waals surface area contributed by atoms with Crippen molar-refractivity contribution in [3.05, 3.63) is 23.9 Å². The highest BCUT2D eigenvalue weighted by Gasteiger charge is 2.16. The average Bonchev–Trinajstić information content (AvgIpc) is 2.60. The molecule has 0 aliphatic carbocycles. The van der Waals surface area contributed by atoms with Gasteiger partial charge in [0.1, 0.15) is 17.2 Å². The first-order valence-corrected chi connectivity index (χ1v) is 5.78. The van der Waals surface area contributed by atoms with E-state index >= 15 is 0 Å². The van der Waals surface area contributed by atoms with E-state index in [9.17, 15) is 0 Å². The molecular weight excluding hydrogens is 200 g/mol. The van der Waals surface area contributed by atoms with Crippen LogP contribution in [0.1, 0.15) is 44.1 Å². The molecule has 0 atom stereocenters. The maximum atomic E-state index is 5.88. The molecule has 2 heterocycles. The molecule has 4 nitrogen and oxygen atoms in total. The van der Waals surface area contributed by atoms with Crippen LogP contribution < -0.4 is 5.73 Å². The highest BCUT2D eigenvalue weighted by atomic mass is 15.1. The number of anilines is 1. The SMILES string of the molecule is CCC(CC)c1nc(C)c2c(N)nccn12. The molecule has 4 heteroatoms. The third-order valence-corrected chi connectivity index (χ3v) is 3.14. The van der Waals surface area contributed by atoms with Gasteiger partial charge in [-0.1, -0.05) is 13.8 Å². The van der Waals surface area contributed by atoms with Gasteiger partial charge in [-0.15, -0.1) is 0 Å². The van der Waals surface area contributed by atoms with Gasteiger partial charge in [0, 0.05) is 18.3 Å². The van der Waals surface area contributed by atoms with Crippen LogP contribution in [-0.2, 0) is 0 Å². The lowest BCUT2D eigenvalue weighted by molar-refractivity contribution is 0.599. The summed E-state index contributed by atoms with van der Waals surface area (Å²) < 4.78 is 2.08. The Morgan fingerprint density at radius 1 is 1.38 bits per heavy atom. The maximum Gasteiger partial charge on any atom is 0.149 e. The van der Waals surface area contributed by atoms with Crippen molar-refractivity contribution in [1.29, 1.82) is 0 Å². The van der Waals surface area contributed by atoms with Crippen LogP contribution in [0.4, 0.5) is 5.82 Å². The lowest BCUT2D eigenvalue weighted by Crippen LogP contribution is -2.03. The van der Waals surface area contributed by atoms with Crippen molar-refractivity contribution in [3.63, 3.8) is 0 Å². The molecule has 0 bridgehead atoms. The van der Waals surface area contributed by atoms with Crippen molar-refractivity contribution in [3.8, 4) is 0 Å². The second kappa shape index (κ2) is 4.12. The number of nitrogens with two attached hydrogens (primary N) is 1. The Morgan fingerprint density at radius 3 is 2.69 bits per heavy atom. The van der Waals surface area contributed by atoms with Gasteiger partial charge in [-0.2, -0.15) is 0 Å². The monoisotopic (exact) mass is 218 g/mol. The van der Waals surface area contributed by atoms with E-state index < -0.39 is 0 Å². The highest BCUT2D eigenvalue weighted by molar-refractivity contribution is 5.68. The van der Waals surface area contributed by atoms with Crippen molar-refractivity contribution in [2.75, 3.05) is 5.73 Å². The smallest absolute Gasteiger partial charge is 0.149 e. The summed E-state index contributed by atoms with van der Waals surface area (Å²) in [7, 11) is 0. The summed E-state index contributed by atoms with van der Waals surface area (Å²) >= 11 is 0. The van der Waals surface area contributed by atoms with Crippen LogP contribution >= 0.6 is 0 Å². The van der Waals surface area contributed by atoms with E-state index in [0.29, 0.717) is 11.7 Å². The molecule has 0 amide bonds. The van der Waals surface area contributed by atoms with Gasteiger partial charge in [-0.25, -0.2) is 9.97 Å². The Morgan fingerprint density at radius 2 is 2.06 bits per heavy atom. The summed E-state index contributed by atoms with van der Waals surface area (Å²) in [5.74, 6) is 2.15. The van der Waals surface area contributed by atoms with Crippen LogP contribution in [0.15, 0.2) is 12.4 Å². The molecule has 0 saturated heterocycles. The number of aryl methyl sites for hydroxylation is 1. The first-order chi connectivity index (χ1) is 7.69. The number of nitrogens with zero attached hydrogens (tertiary/aromatic N) is 3. The van der Waals surface area contributed by atoms with E-state index in [4.69, 9.17) is 5.73 Å². The molecule has 16 heavy (non-hydrogen) atoms. The lowest BCUT2D eigenvalue weighted by atomic mass is 10.0. The first-order valence-electron chi connectivity index (χ1n) is 5.78. The zero-order valence-electron chi connectivity index (χ0n) is 10.1. The molecule has 2 N–H and O–H groups in total. The van der Waals surface area contributed by atoms with Gasteiger partial charge in [0.15, 0.2) is 0 Å². The second-order valence-electron chi connectivity index (χ2n) is 4.10. The summed E-state index contributed by atoms with van der Waals surface area (Å²) in [6.07, 6.45) is 5.86. The molecule has 2 aromatic heterocycles. The van der Waals surface area contributed by atoms with E-state index in [1.54, 1.807) is 6.20 Å². The van der Waals surface area contributed by atoms with Gasteiger partial charge in [0.2, 0.25) is 0 Å². The Bertz CT molecular complexity index is 497.